The summed E-state index contributed by atoms with van der Waals surface area (Å²) in [5.41, 5.74) is 6.52. The van der Waals surface area contributed by atoms with Crippen molar-refractivity contribution in [2.75, 3.05) is 32.8 Å². The number of nitrogens with two attached hydrogens (primary N) is 1. The highest BCUT2D eigenvalue weighted by Gasteiger charge is 2.60. The van der Waals surface area contributed by atoms with Gasteiger partial charge in [0.1, 0.15) is 0 Å². The zero-order chi connectivity index (χ0) is 28.1. The summed E-state index contributed by atoms with van der Waals surface area (Å²) in [6.07, 6.45) is 17.6. The molecule has 7 nitrogen and oxygen atoms in total. The minimum Gasteiger partial charge on any atom is -0.330 e. The molecule has 228 valence electrons. The molecule has 39 heavy (non-hydrogen) atoms. The normalized spacial score (nSPS) is 39.1. The summed E-state index contributed by atoms with van der Waals surface area (Å²) in [6, 6.07) is 0.701. The van der Waals surface area contributed by atoms with E-state index in [1.54, 1.807) is 0 Å². The average molecular weight is 570 g/mol. The Morgan fingerprint density at radius 2 is 1.67 bits per heavy atom. The fraction of sp³-hybridized carbons (Fsp3) is 1.00. The Bertz CT molecular complexity index is 872. The summed E-state index contributed by atoms with van der Waals surface area (Å²) in [5.74, 6) is 4.79. The highest BCUT2D eigenvalue weighted by Crippen LogP contribution is 2.68. The molecule has 3 unspecified atom stereocenters. The number of nitrogens with one attached hydrogen (secondary N) is 2. The molecule has 0 aromatic heterocycles. The van der Waals surface area contributed by atoms with Crippen LogP contribution in [0.15, 0.2) is 0 Å². The monoisotopic (exact) mass is 569 g/mol. The van der Waals surface area contributed by atoms with E-state index in [9.17, 15) is 8.42 Å². The van der Waals surface area contributed by atoms with Gasteiger partial charge in [-0.2, -0.15) is 8.42 Å². The first-order chi connectivity index (χ1) is 18.6. The van der Waals surface area contributed by atoms with Gasteiger partial charge in [0, 0.05) is 6.04 Å². The zero-order valence-electron chi connectivity index (χ0n) is 25.1. The largest absolute Gasteiger partial charge is 0.397 e. The molecule has 0 aromatic rings. The zero-order valence-corrected chi connectivity index (χ0v) is 26.0. The topological polar surface area (TPSA) is 114 Å². The molecule has 4 rings (SSSR count). The molecule has 0 spiro atoms. The van der Waals surface area contributed by atoms with Crippen LogP contribution in [0.4, 0.5) is 0 Å². The molecular weight excluding hydrogens is 510 g/mol. The lowest BCUT2D eigenvalue weighted by Gasteiger charge is -2.61. The average Bonchev–Trinajstić information content (AvgIpc) is 3.25. The van der Waals surface area contributed by atoms with Crippen molar-refractivity contribution in [1.82, 2.24) is 10.6 Å². The van der Waals surface area contributed by atoms with Gasteiger partial charge in [-0.25, -0.2) is 4.18 Å². The second-order valence-corrected chi connectivity index (χ2v) is 15.4. The summed E-state index contributed by atoms with van der Waals surface area (Å²) in [7, 11) is -4.33. The third-order valence-electron chi connectivity index (χ3n) is 12.2. The third kappa shape index (κ3) is 7.59. The molecule has 4 aliphatic carbocycles. The van der Waals surface area contributed by atoms with Crippen molar-refractivity contribution in [3.8, 4) is 0 Å². The van der Waals surface area contributed by atoms with Crippen LogP contribution < -0.4 is 16.4 Å². The molecule has 4 saturated carbocycles. The Morgan fingerprint density at radius 3 is 2.44 bits per heavy atom. The SMILES string of the molecule is C[C@H](CCCOS(=O)(=O)O)[C@H]1CCC2C3CC[C@@H]4C[C@@H](NCCCNCCCCN)CC[C@]4(C)C3CC[C@@]21C. The molecule has 9 atom stereocenters. The Balaban J connectivity index is 1.25. The molecule has 4 fully saturated rings. The molecular formula is C31H59N3O4S. The van der Waals surface area contributed by atoms with Crippen LogP contribution in [0.3, 0.4) is 0 Å². The lowest BCUT2D eigenvalue weighted by atomic mass is 9.44. The van der Waals surface area contributed by atoms with E-state index in [-0.39, 0.29) is 6.61 Å². The van der Waals surface area contributed by atoms with Gasteiger partial charge in [0.15, 0.2) is 0 Å². The lowest BCUT2D eigenvalue weighted by molar-refractivity contribution is -0.118. The van der Waals surface area contributed by atoms with Crippen molar-refractivity contribution in [2.45, 2.75) is 117 Å². The summed E-state index contributed by atoms with van der Waals surface area (Å²) < 4.78 is 35.2. The standard InChI is InChI=1S/C31H59N3O4S/c1-23(8-6-21-38-39(35,36)37)27-11-12-28-26-10-9-24-22-25(34-20-7-19-33-18-5-4-17-32)13-15-30(24,2)29(26)14-16-31(27,28)3/h23-29,33-34H,4-22,32H2,1-3H3,(H,35,36,37)/t23-,24-,25+,26?,27-,28?,29?,30+,31-/m1/s1. The van der Waals surface area contributed by atoms with E-state index in [0.29, 0.717) is 29.2 Å². The van der Waals surface area contributed by atoms with Crippen LogP contribution >= 0.6 is 0 Å². The van der Waals surface area contributed by atoms with Crippen LogP contribution in [0.25, 0.3) is 0 Å². The number of hydrogen-bond acceptors (Lipinski definition) is 6. The summed E-state index contributed by atoms with van der Waals surface area (Å²) >= 11 is 0. The highest BCUT2D eigenvalue weighted by atomic mass is 32.3. The van der Waals surface area contributed by atoms with Crippen LogP contribution in [0.5, 0.6) is 0 Å². The maximum absolute atomic E-state index is 10.9. The molecule has 4 aliphatic rings. The lowest BCUT2D eigenvalue weighted by Crippen LogP contribution is -2.55. The smallest absolute Gasteiger partial charge is 0.330 e. The molecule has 0 saturated heterocycles. The van der Waals surface area contributed by atoms with Gasteiger partial charge in [0.2, 0.25) is 0 Å². The van der Waals surface area contributed by atoms with Crippen molar-refractivity contribution >= 4 is 10.4 Å². The van der Waals surface area contributed by atoms with Gasteiger partial charge >= 0.3 is 10.4 Å². The van der Waals surface area contributed by atoms with Crippen LogP contribution in [-0.4, -0.2) is 51.8 Å². The quantitative estimate of drug-likeness (QED) is 0.151. The summed E-state index contributed by atoms with van der Waals surface area (Å²) in [4.78, 5) is 0. The van der Waals surface area contributed by atoms with Gasteiger partial charge in [-0.1, -0.05) is 20.8 Å². The first-order valence-corrected chi connectivity index (χ1v) is 17.7. The van der Waals surface area contributed by atoms with Crippen molar-refractivity contribution in [1.29, 1.82) is 0 Å². The van der Waals surface area contributed by atoms with Crippen molar-refractivity contribution in [3.05, 3.63) is 0 Å². The third-order valence-corrected chi connectivity index (χ3v) is 12.7. The second kappa shape index (κ2) is 13.8. The number of fused-ring (bicyclic) bond motifs is 5. The van der Waals surface area contributed by atoms with Gasteiger partial charge in [-0.3, -0.25) is 4.55 Å². The van der Waals surface area contributed by atoms with Crippen LogP contribution in [0.2, 0.25) is 0 Å². The fourth-order valence-corrected chi connectivity index (χ4v) is 10.6. The molecule has 0 bridgehead atoms. The highest BCUT2D eigenvalue weighted by molar-refractivity contribution is 7.80. The predicted octanol–water partition coefficient (Wildman–Crippen LogP) is 5.56. The van der Waals surface area contributed by atoms with Crippen molar-refractivity contribution in [3.63, 3.8) is 0 Å². The van der Waals surface area contributed by atoms with E-state index >= 15 is 0 Å². The van der Waals surface area contributed by atoms with Gasteiger partial charge < -0.3 is 16.4 Å². The Morgan fingerprint density at radius 1 is 0.923 bits per heavy atom. The molecule has 0 aliphatic heterocycles. The first-order valence-electron chi connectivity index (χ1n) is 16.3. The summed E-state index contributed by atoms with van der Waals surface area (Å²) in [5, 5.41) is 7.48. The van der Waals surface area contributed by atoms with E-state index in [0.717, 1.165) is 68.6 Å². The summed E-state index contributed by atoms with van der Waals surface area (Å²) in [6.45, 7) is 11.8. The molecule has 5 N–H and O–H groups in total. The molecule has 0 radical (unpaired) electrons. The van der Waals surface area contributed by atoms with Crippen LogP contribution in [0.1, 0.15) is 111 Å². The van der Waals surface area contributed by atoms with E-state index in [1.165, 1.54) is 70.6 Å². The van der Waals surface area contributed by atoms with E-state index in [1.807, 2.05) is 0 Å². The number of rotatable bonds is 15. The van der Waals surface area contributed by atoms with E-state index < -0.39 is 10.4 Å². The fourth-order valence-electron chi connectivity index (χ4n) is 10.2. The predicted molar refractivity (Wildman–Crippen MR) is 159 cm³/mol. The van der Waals surface area contributed by atoms with Gasteiger partial charge in [-0.15, -0.1) is 0 Å². The van der Waals surface area contributed by atoms with Gasteiger partial charge in [-0.05, 0) is 162 Å². The Labute approximate surface area is 239 Å². The van der Waals surface area contributed by atoms with Crippen LogP contribution in [0, 0.1) is 46.3 Å². The number of hydrogen-bond donors (Lipinski definition) is 4. The molecule has 0 aromatic carbocycles. The minimum absolute atomic E-state index is 0.0858. The van der Waals surface area contributed by atoms with E-state index in [2.05, 4.69) is 35.6 Å². The first kappa shape index (κ1) is 31.7. The maximum atomic E-state index is 10.9. The maximum Gasteiger partial charge on any atom is 0.397 e. The molecule has 0 amide bonds. The van der Waals surface area contributed by atoms with Gasteiger partial charge in [0.25, 0.3) is 0 Å². The Kier molecular flexibility index (Phi) is 11.2. The molecule has 0 heterocycles. The van der Waals surface area contributed by atoms with Crippen LogP contribution in [-0.2, 0) is 14.6 Å². The second-order valence-electron chi connectivity index (χ2n) is 14.3. The Hall–Kier alpha value is -0.250. The number of unbranched alkanes of at least 4 members (excludes halogenated alkanes) is 1. The minimum atomic E-state index is -4.33. The van der Waals surface area contributed by atoms with Gasteiger partial charge in [0.05, 0.1) is 6.61 Å². The van der Waals surface area contributed by atoms with E-state index in [4.69, 9.17) is 10.3 Å². The molecule has 8 heteroatoms. The van der Waals surface area contributed by atoms with Crippen molar-refractivity contribution < 1.29 is 17.2 Å². The van der Waals surface area contributed by atoms with Crippen molar-refractivity contribution in [2.24, 2.45) is 52.1 Å².